The Morgan fingerprint density at radius 1 is 1.00 bits per heavy atom. The predicted octanol–water partition coefficient (Wildman–Crippen LogP) is 2.18. The summed E-state index contributed by atoms with van der Waals surface area (Å²) in [6, 6.07) is 6.56. The number of nitrogens with zero attached hydrogens (tertiary/aromatic N) is 5. The fourth-order valence-corrected chi connectivity index (χ4v) is 7.37. The van der Waals surface area contributed by atoms with Crippen molar-refractivity contribution in [2.45, 2.75) is 63.6 Å². The van der Waals surface area contributed by atoms with E-state index in [9.17, 15) is 22.8 Å². The van der Waals surface area contributed by atoms with Gasteiger partial charge in [0, 0.05) is 36.7 Å². The molecule has 1 aliphatic carbocycles. The van der Waals surface area contributed by atoms with Crippen LogP contribution in [0.2, 0.25) is 0 Å². The number of amides is 1. The zero-order valence-corrected chi connectivity index (χ0v) is 22.4. The van der Waals surface area contributed by atoms with Crippen LogP contribution in [0, 0.1) is 6.92 Å². The van der Waals surface area contributed by atoms with Gasteiger partial charge in [0.25, 0.3) is 11.5 Å². The molecule has 1 saturated heterocycles. The maximum Gasteiger partial charge on any atom is 0.333 e. The number of hydrogen-bond acceptors (Lipinski definition) is 7. The fraction of sp³-hybridized carbons (Fsp3) is 0.444. The third-order valence-corrected chi connectivity index (χ3v) is 9.69. The Kier molecular flexibility index (Phi) is 6.37. The molecule has 1 aliphatic heterocycles. The number of hydrogen-bond donors (Lipinski definition) is 1. The number of sulfone groups is 1. The lowest BCUT2D eigenvalue weighted by molar-refractivity contribution is 0.0917. The van der Waals surface area contributed by atoms with Gasteiger partial charge < -0.3 is 9.72 Å². The van der Waals surface area contributed by atoms with Gasteiger partial charge in [-0.15, -0.1) is 0 Å². The molecule has 4 aromatic heterocycles. The maximum atomic E-state index is 13.8. The van der Waals surface area contributed by atoms with Gasteiger partial charge in [0.05, 0.1) is 16.9 Å². The van der Waals surface area contributed by atoms with E-state index in [1.165, 1.54) is 4.57 Å². The molecule has 204 valence electrons. The summed E-state index contributed by atoms with van der Waals surface area (Å²) < 4.78 is 28.8. The number of fused-ring (bicyclic) bond motifs is 2. The van der Waals surface area contributed by atoms with Gasteiger partial charge in [-0.3, -0.25) is 18.7 Å². The number of carbonyl (C=O) groups excluding carboxylic acids is 1. The first-order valence-electron chi connectivity index (χ1n) is 13.3. The number of pyridine rings is 2. The first-order valence-corrected chi connectivity index (χ1v) is 15.1. The zero-order chi connectivity index (χ0) is 27.3. The molecule has 6 rings (SSSR count). The molecule has 11 nitrogen and oxygen atoms in total. The normalized spacial score (nSPS) is 21.8. The third-order valence-electron chi connectivity index (χ3n) is 7.98. The van der Waals surface area contributed by atoms with Crippen molar-refractivity contribution >= 4 is 32.4 Å². The van der Waals surface area contributed by atoms with E-state index in [1.807, 2.05) is 31.3 Å². The van der Waals surface area contributed by atoms with E-state index in [0.717, 1.165) is 5.56 Å². The van der Waals surface area contributed by atoms with Crippen molar-refractivity contribution < 1.29 is 13.2 Å². The van der Waals surface area contributed by atoms with E-state index in [4.69, 9.17) is 0 Å². The minimum atomic E-state index is -3.12. The molecule has 39 heavy (non-hydrogen) atoms. The molecule has 1 saturated carbocycles. The Labute approximate surface area is 224 Å². The summed E-state index contributed by atoms with van der Waals surface area (Å²) in [4.78, 5) is 49.1. The molecular formula is C27H30N6O5S. The topological polar surface area (TPSA) is 137 Å². The summed E-state index contributed by atoms with van der Waals surface area (Å²) in [5.74, 6) is -0.234. The Bertz CT molecular complexity index is 1770. The molecule has 0 atom stereocenters. The van der Waals surface area contributed by atoms with Gasteiger partial charge in [-0.05, 0) is 69.2 Å². The first kappa shape index (κ1) is 25.5. The van der Waals surface area contributed by atoms with Crippen molar-refractivity contribution in [1.82, 2.24) is 28.8 Å². The van der Waals surface area contributed by atoms with E-state index in [0.29, 0.717) is 60.9 Å². The van der Waals surface area contributed by atoms with Crippen LogP contribution in [0.15, 0.2) is 52.4 Å². The molecule has 1 amide bonds. The molecule has 0 spiro atoms. The Hall–Kier alpha value is -3.80. The van der Waals surface area contributed by atoms with Crippen molar-refractivity contribution in [3.05, 3.63) is 75.0 Å². The number of nitrogens with one attached hydrogen (secondary N) is 1. The summed E-state index contributed by atoms with van der Waals surface area (Å²) in [6.07, 6.45) is 8.10. The van der Waals surface area contributed by atoms with E-state index < -0.39 is 15.5 Å². The van der Waals surface area contributed by atoms with E-state index >= 15 is 0 Å². The van der Waals surface area contributed by atoms with Crippen molar-refractivity contribution in [1.29, 1.82) is 0 Å². The molecule has 0 bridgehead atoms. The number of aromatic nitrogens is 5. The molecule has 0 radical (unpaired) electrons. The minimum Gasteiger partial charge on any atom is -0.348 e. The highest BCUT2D eigenvalue weighted by Crippen LogP contribution is 2.29. The highest BCUT2D eigenvalue weighted by molar-refractivity contribution is 7.91. The monoisotopic (exact) mass is 550 g/mol. The van der Waals surface area contributed by atoms with Crippen molar-refractivity contribution in [3.63, 3.8) is 0 Å². The third kappa shape index (κ3) is 4.77. The average Bonchev–Trinajstić information content (AvgIpc) is 3.36. The summed E-state index contributed by atoms with van der Waals surface area (Å²) in [7, 11) is -3.12. The highest BCUT2D eigenvalue weighted by atomic mass is 32.2. The Balaban J connectivity index is 1.26. The minimum absolute atomic E-state index is 0.00764. The van der Waals surface area contributed by atoms with Gasteiger partial charge in [-0.25, -0.2) is 23.2 Å². The molecule has 5 heterocycles. The van der Waals surface area contributed by atoms with Gasteiger partial charge in [-0.1, -0.05) is 6.07 Å². The molecule has 4 aromatic rings. The van der Waals surface area contributed by atoms with Crippen LogP contribution in [-0.4, -0.2) is 55.4 Å². The first-order chi connectivity index (χ1) is 18.7. The smallest absolute Gasteiger partial charge is 0.333 e. The second-order valence-electron chi connectivity index (χ2n) is 10.7. The number of carbonyl (C=O) groups is 1. The van der Waals surface area contributed by atoms with Crippen molar-refractivity contribution in [3.8, 4) is 0 Å². The van der Waals surface area contributed by atoms with Crippen LogP contribution in [0.25, 0.3) is 16.7 Å². The second-order valence-corrected chi connectivity index (χ2v) is 13.0. The van der Waals surface area contributed by atoms with Crippen LogP contribution in [0.1, 0.15) is 66.7 Å². The van der Waals surface area contributed by atoms with Gasteiger partial charge in [0.1, 0.15) is 26.8 Å². The number of imidazole rings is 1. The van der Waals surface area contributed by atoms with Crippen LogP contribution < -0.4 is 16.6 Å². The molecule has 2 fully saturated rings. The zero-order valence-electron chi connectivity index (χ0n) is 21.6. The second kappa shape index (κ2) is 9.74. The molecular weight excluding hydrogens is 520 g/mol. The lowest BCUT2D eigenvalue weighted by Crippen LogP contribution is -2.47. The number of aryl methyl sites for hydroxylation is 1. The fourth-order valence-electron chi connectivity index (χ4n) is 5.90. The summed E-state index contributed by atoms with van der Waals surface area (Å²) in [6.45, 7) is 1.84. The van der Waals surface area contributed by atoms with E-state index in [1.54, 1.807) is 27.4 Å². The van der Waals surface area contributed by atoms with Gasteiger partial charge in [0.2, 0.25) is 0 Å². The molecule has 0 unspecified atom stereocenters. The standard InChI is InChI=1S/C27H30N6O5S/c1-17-14-21-24(28-15-17)32(20-9-12-39(37,38)13-10-20)27(36)33(26(21)35)19-7-5-18(6-8-19)29-25(34)22-16-31-11-3-2-4-23(31)30-22/h2-4,11,14-16,18-20H,5-10,12-13H2,1H3,(H,29,34). The molecule has 0 aromatic carbocycles. The predicted molar refractivity (Wildman–Crippen MR) is 146 cm³/mol. The van der Waals surface area contributed by atoms with Crippen LogP contribution in [0.5, 0.6) is 0 Å². The Morgan fingerprint density at radius 3 is 2.44 bits per heavy atom. The summed E-state index contributed by atoms with van der Waals surface area (Å²) >= 11 is 0. The van der Waals surface area contributed by atoms with Crippen LogP contribution in [0.3, 0.4) is 0 Å². The summed E-state index contributed by atoms with van der Waals surface area (Å²) in [5.41, 5.74) is 1.34. The maximum absolute atomic E-state index is 13.8. The lowest BCUT2D eigenvalue weighted by Gasteiger charge is -2.31. The molecule has 2 aliphatic rings. The molecule has 1 N–H and O–H groups in total. The van der Waals surface area contributed by atoms with Gasteiger partial charge in [-0.2, -0.15) is 0 Å². The number of rotatable bonds is 4. The van der Waals surface area contributed by atoms with Crippen LogP contribution >= 0.6 is 0 Å². The van der Waals surface area contributed by atoms with Gasteiger partial charge >= 0.3 is 5.69 Å². The van der Waals surface area contributed by atoms with Crippen LogP contribution in [0.4, 0.5) is 0 Å². The van der Waals surface area contributed by atoms with Crippen LogP contribution in [-0.2, 0) is 9.84 Å². The lowest BCUT2D eigenvalue weighted by atomic mass is 9.90. The van der Waals surface area contributed by atoms with Gasteiger partial charge in [0.15, 0.2) is 0 Å². The Morgan fingerprint density at radius 2 is 1.72 bits per heavy atom. The average molecular weight is 551 g/mol. The van der Waals surface area contributed by atoms with Crippen molar-refractivity contribution in [2.75, 3.05) is 11.5 Å². The quantitative estimate of drug-likeness (QED) is 0.411. The molecule has 12 heteroatoms. The van der Waals surface area contributed by atoms with E-state index in [2.05, 4.69) is 15.3 Å². The highest BCUT2D eigenvalue weighted by Gasteiger charge is 2.31. The SMILES string of the molecule is Cc1cnc2c(c1)c(=O)n(C1CCC(NC(=O)c3cn4ccccc4n3)CC1)c(=O)n2C1CCS(=O)(=O)CC1. The summed E-state index contributed by atoms with van der Waals surface area (Å²) in [5, 5.41) is 3.42. The van der Waals surface area contributed by atoms with E-state index in [-0.39, 0.29) is 41.1 Å². The largest absolute Gasteiger partial charge is 0.348 e. The van der Waals surface area contributed by atoms with Crippen molar-refractivity contribution in [2.24, 2.45) is 0 Å².